The Morgan fingerprint density at radius 1 is 0.936 bits per heavy atom. The third-order valence-electron chi connectivity index (χ3n) is 10.6. The van der Waals surface area contributed by atoms with Crippen LogP contribution in [0.3, 0.4) is 0 Å². The topological polar surface area (TPSA) is 91.8 Å². The van der Waals surface area contributed by atoms with Crippen LogP contribution in [-0.4, -0.2) is 62.7 Å². The lowest BCUT2D eigenvalue weighted by molar-refractivity contribution is -0.0391. The van der Waals surface area contributed by atoms with E-state index < -0.39 is 15.9 Å². The summed E-state index contributed by atoms with van der Waals surface area (Å²) in [5.41, 5.74) is 4.28. The first kappa shape index (κ1) is 31.7. The molecule has 1 aromatic heterocycles. The van der Waals surface area contributed by atoms with Gasteiger partial charge in [-0.05, 0) is 111 Å². The summed E-state index contributed by atoms with van der Waals surface area (Å²) in [6, 6.07) is 17.5. The molecular weight excluding hydrogens is 609 g/mol. The fraction of sp³-hybridized carbons (Fsp3) is 0.474. The fourth-order valence-corrected chi connectivity index (χ4v) is 10.6. The lowest BCUT2D eigenvalue weighted by Gasteiger charge is -2.56. The Bertz CT molecular complexity index is 1740. The number of sulfonamides is 1. The highest BCUT2D eigenvalue weighted by atomic mass is 32.2. The number of benzene rings is 2. The summed E-state index contributed by atoms with van der Waals surface area (Å²) < 4.78 is 34.3. The molecule has 4 aliphatic carbocycles. The summed E-state index contributed by atoms with van der Waals surface area (Å²) in [5, 5.41) is 0. The van der Waals surface area contributed by atoms with E-state index in [9.17, 15) is 13.2 Å². The molecule has 0 atom stereocenters. The van der Waals surface area contributed by atoms with Crippen molar-refractivity contribution in [1.82, 2.24) is 14.6 Å². The third-order valence-corrected chi connectivity index (χ3v) is 12.0. The Hall–Kier alpha value is -3.87. The maximum absolute atomic E-state index is 13.2. The highest BCUT2D eigenvalue weighted by Gasteiger charge is 2.52. The van der Waals surface area contributed by atoms with Gasteiger partial charge >= 0.3 is 0 Å². The number of hydrogen-bond donors (Lipinski definition) is 1. The van der Waals surface area contributed by atoms with Crippen LogP contribution < -0.4 is 14.4 Å². The molecule has 3 aromatic rings. The first-order valence-electron chi connectivity index (χ1n) is 17.0. The maximum Gasteiger partial charge on any atom is 0.264 e. The lowest BCUT2D eigenvalue weighted by atomic mass is 9.50. The van der Waals surface area contributed by atoms with Gasteiger partial charge in [-0.25, -0.2) is 13.1 Å². The Morgan fingerprint density at radius 3 is 2.30 bits per heavy atom. The zero-order valence-electron chi connectivity index (χ0n) is 27.2. The standard InChI is InChI=1S/C38H44N4O4S/c1-2-46-36-20-28(24-39-25-36)7-8-32-5-3-4-6-34(32)26-41-13-15-42(16-14-41)35-11-9-33(10-12-35)37(43)40-47(44,45)27-38-21-29-17-30(22-38)19-31(18-29)23-38/h3-6,9-12,20,24-25,29-31H,2,13-19,21-23,26-27H2,1H3,(H,40,43). The van der Waals surface area contributed by atoms with Crippen molar-refractivity contribution in [2.45, 2.75) is 52.0 Å². The number of anilines is 1. The van der Waals surface area contributed by atoms with E-state index in [1.54, 1.807) is 24.5 Å². The number of ether oxygens (including phenoxy) is 1. The third kappa shape index (κ3) is 7.50. The molecule has 0 spiro atoms. The van der Waals surface area contributed by atoms with Gasteiger partial charge in [-0.15, -0.1) is 0 Å². The average Bonchev–Trinajstić information content (AvgIpc) is 3.04. The van der Waals surface area contributed by atoms with Gasteiger partial charge in [0.25, 0.3) is 5.91 Å². The summed E-state index contributed by atoms with van der Waals surface area (Å²) in [6.45, 7) is 6.85. The van der Waals surface area contributed by atoms with E-state index in [2.05, 4.69) is 49.5 Å². The monoisotopic (exact) mass is 652 g/mol. The fourth-order valence-electron chi connectivity index (χ4n) is 8.99. The second-order valence-electron chi connectivity index (χ2n) is 14.2. The molecule has 47 heavy (non-hydrogen) atoms. The van der Waals surface area contributed by atoms with Gasteiger partial charge in [0.2, 0.25) is 10.0 Å². The highest BCUT2D eigenvalue weighted by molar-refractivity contribution is 7.90. The van der Waals surface area contributed by atoms with Crippen LogP contribution in [0.15, 0.2) is 67.0 Å². The van der Waals surface area contributed by atoms with Gasteiger partial charge in [0.1, 0.15) is 5.75 Å². The molecule has 4 bridgehead atoms. The van der Waals surface area contributed by atoms with Gasteiger partial charge in [-0.1, -0.05) is 30.0 Å². The van der Waals surface area contributed by atoms with Crippen molar-refractivity contribution in [2.75, 3.05) is 43.4 Å². The molecular formula is C38H44N4O4S. The first-order valence-corrected chi connectivity index (χ1v) is 18.7. The number of amides is 1. The number of rotatable bonds is 9. The second kappa shape index (κ2) is 13.3. The molecule has 9 heteroatoms. The number of aromatic nitrogens is 1. The Morgan fingerprint density at radius 2 is 1.62 bits per heavy atom. The van der Waals surface area contributed by atoms with Gasteiger partial charge in [-0.2, -0.15) is 0 Å². The Kier molecular flexibility index (Phi) is 8.99. The molecule has 2 aromatic carbocycles. The van der Waals surface area contributed by atoms with E-state index in [1.165, 1.54) is 24.8 Å². The predicted octanol–water partition coefficient (Wildman–Crippen LogP) is 5.48. The average molecular weight is 653 g/mol. The quantitative estimate of drug-likeness (QED) is 0.306. The molecule has 1 amide bonds. The van der Waals surface area contributed by atoms with E-state index in [0.717, 1.165) is 74.6 Å². The number of carbonyl (C=O) groups excluding carboxylic acids is 1. The summed E-state index contributed by atoms with van der Waals surface area (Å²) in [7, 11) is -3.71. The lowest BCUT2D eigenvalue weighted by Crippen LogP contribution is -2.51. The summed E-state index contributed by atoms with van der Waals surface area (Å²) in [5.74, 6) is 8.85. The van der Waals surface area contributed by atoms with Crippen LogP contribution >= 0.6 is 0 Å². The maximum atomic E-state index is 13.2. The van der Waals surface area contributed by atoms with Gasteiger partial charge in [0.15, 0.2) is 0 Å². The van der Waals surface area contributed by atoms with Crippen LogP contribution in [0.2, 0.25) is 0 Å². The summed E-state index contributed by atoms with van der Waals surface area (Å²) >= 11 is 0. The van der Waals surface area contributed by atoms with Crippen molar-refractivity contribution in [3.05, 3.63) is 89.2 Å². The zero-order chi connectivity index (χ0) is 32.4. The van der Waals surface area contributed by atoms with Crippen LogP contribution in [0, 0.1) is 35.0 Å². The molecule has 8 nitrogen and oxygen atoms in total. The molecule has 1 N–H and O–H groups in total. The summed E-state index contributed by atoms with van der Waals surface area (Å²) in [6.07, 6.45) is 10.2. The van der Waals surface area contributed by atoms with Crippen LogP contribution in [-0.2, 0) is 16.6 Å². The van der Waals surface area contributed by atoms with E-state index in [4.69, 9.17) is 4.74 Å². The Labute approximate surface area is 279 Å². The molecule has 1 saturated heterocycles. The van der Waals surface area contributed by atoms with Crippen LogP contribution in [0.5, 0.6) is 5.75 Å². The molecule has 0 radical (unpaired) electrons. The van der Waals surface area contributed by atoms with E-state index in [-0.39, 0.29) is 11.2 Å². The van der Waals surface area contributed by atoms with E-state index in [0.29, 0.717) is 29.9 Å². The van der Waals surface area contributed by atoms with Crippen LogP contribution in [0.25, 0.3) is 0 Å². The Balaban J connectivity index is 0.920. The largest absolute Gasteiger partial charge is 0.492 e. The molecule has 2 heterocycles. The minimum Gasteiger partial charge on any atom is -0.492 e. The van der Waals surface area contributed by atoms with Crippen LogP contribution in [0.1, 0.15) is 72.5 Å². The van der Waals surface area contributed by atoms with Crippen molar-refractivity contribution < 1.29 is 17.9 Å². The number of nitrogens with one attached hydrogen (secondary N) is 1. The van der Waals surface area contributed by atoms with Crippen molar-refractivity contribution in [1.29, 1.82) is 0 Å². The first-order chi connectivity index (χ1) is 22.7. The molecule has 0 unspecified atom stereocenters. The molecule has 1 aliphatic heterocycles. The summed E-state index contributed by atoms with van der Waals surface area (Å²) in [4.78, 5) is 22.0. The molecule has 4 saturated carbocycles. The predicted molar refractivity (Wildman–Crippen MR) is 184 cm³/mol. The number of nitrogens with zero attached hydrogens (tertiary/aromatic N) is 3. The molecule has 8 rings (SSSR count). The molecule has 5 aliphatic rings. The number of pyridine rings is 1. The normalized spacial score (nSPS) is 25.2. The van der Waals surface area contributed by atoms with Gasteiger partial charge in [0, 0.05) is 61.3 Å². The minimum absolute atomic E-state index is 0.0779. The SMILES string of the molecule is CCOc1cncc(C#Cc2ccccc2CN2CCN(c3ccc(C(=O)NS(=O)(=O)CC45CC6CC(CC(C6)C4)C5)cc3)CC2)c1. The smallest absolute Gasteiger partial charge is 0.264 e. The van der Waals surface area contributed by atoms with Gasteiger partial charge < -0.3 is 9.64 Å². The number of hydrogen-bond acceptors (Lipinski definition) is 7. The van der Waals surface area contributed by atoms with Crippen molar-refractivity contribution in [3.8, 4) is 17.6 Å². The minimum atomic E-state index is -3.71. The van der Waals surface area contributed by atoms with Crippen molar-refractivity contribution in [2.24, 2.45) is 23.2 Å². The molecule has 246 valence electrons. The van der Waals surface area contributed by atoms with E-state index >= 15 is 0 Å². The van der Waals surface area contributed by atoms with Crippen molar-refractivity contribution in [3.63, 3.8) is 0 Å². The highest BCUT2D eigenvalue weighted by Crippen LogP contribution is 2.60. The number of piperazine rings is 1. The van der Waals surface area contributed by atoms with Gasteiger partial charge in [0.05, 0.1) is 18.6 Å². The van der Waals surface area contributed by atoms with Gasteiger partial charge in [-0.3, -0.25) is 14.7 Å². The van der Waals surface area contributed by atoms with Crippen LogP contribution in [0.4, 0.5) is 5.69 Å². The molecule has 5 fully saturated rings. The number of carbonyl (C=O) groups is 1. The second-order valence-corrected chi connectivity index (χ2v) is 15.9. The zero-order valence-corrected chi connectivity index (χ0v) is 28.0. The van der Waals surface area contributed by atoms with E-state index in [1.807, 2.05) is 31.2 Å². The van der Waals surface area contributed by atoms with Crippen molar-refractivity contribution >= 4 is 21.6 Å².